The molecule has 2 unspecified atom stereocenters. The molecule has 2 fully saturated rings. The van der Waals surface area contributed by atoms with Crippen molar-refractivity contribution in [1.82, 2.24) is 14.8 Å². The van der Waals surface area contributed by atoms with Gasteiger partial charge in [0.25, 0.3) is 11.8 Å². The normalized spacial score (nSPS) is 19.8. The lowest BCUT2D eigenvalue weighted by atomic mass is 9.84. The number of hydrogen-bond donors (Lipinski definition) is 0. The summed E-state index contributed by atoms with van der Waals surface area (Å²) in [5.74, 6) is 1.18. The van der Waals surface area contributed by atoms with Gasteiger partial charge in [0.05, 0.1) is 12.7 Å². The molecule has 0 saturated carbocycles. The molecule has 2 atom stereocenters. The SMILES string of the molecule is COc1cccc(CC(C2CCN(C(=O)C3CCCO3)CC2)N(C)C(=O)c2cccnc2)c1. The van der Waals surface area contributed by atoms with Gasteiger partial charge in [0, 0.05) is 45.2 Å². The number of carbonyl (C=O) groups excluding carboxylic acids is 2. The summed E-state index contributed by atoms with van der Waals surface area (Å²) in [4.78, 5) is 34.0. The van der Waals surface area contributed by atoms with Crippen LogP contribution in [-0.2, 0) is 16.0 Å². The number of likely N-dealkylation sites (N-methyl/N-ethyl adjacent to an activating group) is 1. The van der Waals surface area contributed by atoms with E-state index in [4.69, 9.17) is 9.47 Å². The molecule has 2 amide bonds. The van der Waals surface area contributed by atoms with Crippen molar-refractivity contribution in [2.24, 2.45) is 5.92 Å². The number of piperidine rings is 1. The van der Waals surface area contributed by atoms with Crippen molar-refractivity contribution in [3.8, 4) is 5.75 Å². The van der Waals surface area contributed by atoms with Crippen molar-refractivity contribution in [3.63, 3.8) is 0 Å². The van der Waals surface area contributed by atoms with E-state index in [9.17, 15) is 9.59 Å². The van der Waals surface area contributed by atoms with E-state index in [2.05, 4.69) is 11.1 Å². The molecule has 0 N–H and O–H groups in total. The number of carbonyl (C=O) groups is 2. The zero-order valence-electron chi connectivity index (χ0n) is 19.5. The summed E-state index contributed by atoms with van der Waals surface area (Å²) in [5, 5.41) is 0. The second kappa shape index (κ2) is 10.8. The van der Waals surface area contributed by atoms with Gasteiger partial charge in [-0.15, -0.1) is 0 Å². The number of hydrogen-bond acceptors (Lipinski definition) is 5. The number of rotatable bonds is 7. The molecular weight excluding hydrogens is 418 g/mol. The maximum atomic E-state index is 13.3. The van der Waals surface area contributed by atoms with Crippen LogP contribution in [0.3, 0.4) is 0 Å². The second-order valence-corrected chi connectivity index (χ2v) is 8.95. The average molecular weight is 452 g/mol. The van der Waals surface area contributed by atoms with E-state index in [-0.39, 0.29) is 29.9 Å². The third kappa shape index (κ3) is 5.53. The highest BCUT2D eigenvalue weighted by molar-refractivity contribution is 5.94. The molecule has 176 valence electrons. The monoisotopic (exact) mass is 451 g/mol. The molecular formula is C26H33N3O4. The number of methoxy groups -OCH3 is 1. The van der Waals surface area contributed by atoms with Crippen molar-refractivity contribution in [3.05, 3.63) is 59.9 Å². The second-order valence-electron chi connectivity index (χ2n) is 8.95. The minimum Gasteiger partial charge on any atom is -0.497 e. The molecule has 33 heavy (non-hydrogen) atoms. The Morgan fingerprint density at radius 1 is 1.21 bits per heavy atom. The van der Waals surface area contributed by atoms with Crippen molar-refractivity contribution in [2.75, 3.05) is 33.9 Å². The number of aromatic nitrogens is 1. The first kappa shape index (κ1) is 23.2. The molecule has 0 bridgehead atoms. The minimum absolute atomic E-state index is 0.00444. The summed E-state index contributed by atoms with van der Waals surface area (Å²) >= 11 is 0. The minimum atomic E-state index is -0.274. The van der Waals surface area contributed by atoms with Crippen molar-refractivity contribution in [2.45, 2.75) is 44.2 Å². The van der Waals surface area contributed by atoms with E-state index in [1.807, 2.05) is 35.0 Å². The molecule has 3 heterocycles. The Morgan fingerprint density at radius 3 is 2.70 bits per heavy atom. The van der Waals surface area contributed by atoms with E-state index >= 15 is 0 Å². The van der Waals surface area contributed by atoms with E-state index in [0.717, 1.165) is 43.4 Å². The number of amides is 2. The first-order valence-corrected chi connectivity index (χ1v) is 11.8. The summed E-state index contributed by atoms with van der Waals surface area (Å²) in [6.07, 6.45) is 7.23. The zero-order valence-corrected chi connectivity index (χ0v) is 19.5. The van der Waals surface area contributed by atoms with E-state index in [0.29, 0.717) is 25.3 Å². The first-order chi connectivity index (χ1) is 16.1. The van der Waals surface area contributed by atoms with Crippen LogP contribution in [0.5, 0.6) is 5.75 Å². The Labute approximate surface area is 195 Å². The van der Waals surface area contributed by atoms with Crippen LogP contribution in [0.2, 0.25) is 0 Å². The van der Waals surface area contributed by atoms with Crippen LogP contribution in [-0.4, -0.2) is 72.6 Å². The van der Waals surface area contributed by atoms with Gasteiger partial charge in [-0.05, 0) is 67.9 Å². The Bertz CT molecular complexity index is 938. The highest BCUT2D eigenvalue weighted by atomic mass is 16.5. The molecule has 2 aliphatic rings. The van der Waals surface area contributed by atoms with Crippen molar-refractivity contribution < 1.29 is 19.1 Å². The molecule has 1 aromatic carbocycles. The highest BCUT2D eigenvalue weighted by Gasteiger charge is 2.35. The highest BCUT2D eigenvalue weighted by Crippen LogP contribution is 2.29. The van der Waals surface area contributed by atoms with Crippen molar-refractivity contribution in [1.29, 1.82) is 0 Å². The van der Waals surface area contributed by atoms with Gasteiger partial charge in [-0.25, -0.2) is 0 Å². The fraction of sp³-hybridized carbons (Fsp3) is 0.500. The van der Waals surface area contributed by atoms with Crippen LogP contribution in [0.4, 0.5) is 0 Å². The molecule has 1 aromatic heterocycles. The Hall–Kier alpha value is -2.93. The third-order valence-corrected chi connectivity index (χ3v) is 6.91. The van der Waals surface area contributed by atoms with Gasteiger partial charge in [0.1, 0.15) is 11.9 Å². The molecule has 0 spiro atoms. The lowest BCUT2D eigenvalue weighted by molar-refractivity contribution is -0.142. The number of benzene rings is 1. The fourth-order valence-electron chi connectivity index (χ4n) is 4.98. The fourth-order valence-corrected chi connectivity index (χ4v) is 4.98. The number of pyridine rings is 1. The van der Waals surface area contributed by atoms with Crippen LogP contribution < -0.4 is 4.74 Å². The summed E-state index contributed by atoms with van der Waals surface area (Å²) in [6.45, 7) is 2.08. The molecule has 7 heteroatoms. The predicted octanol–water partition coefficient (Wildman–Crippen LogP) is 3.19. The Balaban J connectivity index is 1.49. The summed E-state index contributed by atoms with van der Waals surface area (Å²) < 4.78 is 11.0. The van der Waals surface area contributed by atoms with Gasteiger partial charge in [0.15, 0.2) is 0 Å². The third-order valence-electron chi connectivity index (χ3n) is 6.91. The van der Waals surface area contributed by atoms with Crippen LogP contribution in [0.1, 0.15) is 41.6 Å². The summed E-state index contributed by atoms with van der Waals surface area (Å²) in [5.41, 5.74) is 1.71. The van der Waals surface area contributed by atoms with E-state index in [1.54, 1.807) is 31.6 Å². The van der Waals surface area contributed by atoms with Crippen LogP contribution >= 0.6 is 0 Å². The largest absolute Gasteiger partial charge is 0.497 e. The molecule has 2 aromatic rings. The number of nitrogens with zero attached hydrogens (tertiary/aromatic N) is 3. The summed E-state index contributed by atoms with van der Waals surface area (Å²) in [7, 11) is 3.54. The predicted molar refractivity (Wildman–Crippen MR) is 125 cm³/mol. The molecule has 7 nitrogen and oxygen atoms in total. The molecule has 2 aliphatic heterocycles. The molecule has 4 rings (SSSR count). The lowest BCUT2D eigenvalue weighted by Crippen LogP contribution is -2.50. The van der Waals surface area contributed by atoms with Crippen LogP contribution in [0.15, 0.2) is 48.8 Å². The standard InChI is InChI=1S/C26H33N3O4/c1-28(25(30)21-7-4-12-27-18-21)23(17-19-6-3-8-22(16-19)32-2)20-10-13-29(14-11-20)26(31)24-9-5-15-33-24/h3-4,6-8,12,16,18,20,23-24H,5,9-11,13-15,17H2,1-2H3. The average Bonchev–Trinajstić information content (AvgIpc) is 3.42. The van der Waals surface area contributed by atoms with Gasteiger partial charge in [-0.2, -0.15) is 0 Å². The van der Waals surface area contributed by atoms with Gasteiger partial charge in [0.2, 0.25) is 0 Å². The summed E-state index contributed by atoms with van der Waals surface area (Å²) in [6, 6.07) is 11.6. The van der Waals surface area contributed by atoms with E-state index in [1.165, 1.54) is 0 Å². The maximum absolute atomic E-state index is 13.3. The topological polar surface area (TPSA) is 72.0 Å². The number of likely N-dealkylation sites (tertiary alicyclic amines) is 1. The lowest BCUT2D eigenvalue weighted by Gasteiger charge is -2.40. The molecule has 0 aliphatic carbocycles. The van der Waals surface area contributed by atoms with Gasteiger partial charge in [-0.1, -0.05) is 12.1 Å². The maximum Gasteiger partial charge on any atom is 0.255 e. The van der Waals surface area contributed by atoms with Crippen LogP contribution in [0.25, 0.3) is 0 Å². The van der Waals surface area contributed by atoms with Gasteiger partial charge >= 0.3 is 0 Å². The quantitative estimate of drug-likeness (QED) is 0.647. The van der Waals surface area contributed by atoms with Gasteiger partial charge < -0.3 is 19.3 Å². The molecule has 0 radical (unpaired) electrons. The zero-order chi connectivity index (χ0) is 23.2. The van der Waals surface area contributed by atoms with E-state index < -0.39 is 0 Å². The Kier molecular flexibility index (Phi) is 7.60. The van der Waals surface area contributed by atoms with Gasteiger partial charge in [-0.3, -0.25) is 14.6 Å². The smallest absolute Gasteiger partial charge is 0.255 e. The van der Waals surface area contributed by atoms with Crippen LogP contribution in [0, 0.1) is 5.92 Å². The molecule has 2 saturated heterocycles. The number of ether oxygens (including phenoxy) is 2. The van der Waals surface area contributed by atoms with Crippen molar-refractivity contribution >= 4 is 11.8 Å². The Morgan fingerprint density at radius 2 is 2.03 bits per heavy atom. The first-order valence-electron chi connectivity index (χ1n) is 11.8.